The van der Waals surface area contributed by atoms with E-state index in [1.165, 1.54) is 6.21 Å². The van der Waals surface area contributed by atoms with Gasteiger partial charge in [0.15, 0.2) is 0 Å². The minimum atomic E-state index is -0.459. The van der Waals surface area contributed by atoms with Crippen molar-refractivity contribution in [1.29, 1.82) is 5.41 Å². The number of nitrogens with one attached hydrogen (secondary N) is 3. The van der Waals surface area contributed by atoms with Crippen molar-refractivity contribution in [3.8, 4) is 0 Å². The molecule has 1 amide bonds. The van der Waals surface area contributed by atoms with Crippen LogP contribution in [0.4, 0.5) is 4.79 Å². The quantitative estimate of drug-likeness (QED) is 0.452. The lowest BCUT2D eigenvalue weighted by Gasteiger charge is -2.35. The molecule has 0 aromatic carbocycles. The van der Waals surface area contributed by atoms with E-state index < -0.39 is 5.60 Å². The second-order valence-electron chi connectivity index (χ2n) is 7.85. The van der Waals surface area contributed by atoms with Gasteiger partial charge in [0.25, 0.3) is 0 Å². The van der Waals surface area contributed by atoms with E-state index in [0.717, 1.165) is 25.7 Å². The van der Waals surface area contributed by atoms with Crippen LogP contribution in [0.1, 0.15) is 52.1 Å². The van der Waals surface area contributed by atoms with Crippen molar-refractivity contribution in [3.63, 3.8) is 0 Å². The number of carbonyl (C=O) groups is 1. The van der Waals surface area contributed by atoms with Crippen molar-refractivity contribution >= 4 is 29.5 Å². The number of allylic oxidation sites excluding steroid dienone is 1. The van der Waals surface area contributed by atoms with Crippen LogP contribution in [0.3, 0.4) is 0 Å². The predicted octanol–water partition coefficient (Wildman–Crippen LogP) is 4.40. The van der Waals surface area contributed by atoms with E-state index in [0.29, 0.717) is 34.8 Å². The molecule has 27 heavy (non-hydrogen) atoms. The highest BCUT2D eigenvalue weighted by atomic mass is 35.5. The maximum Gasteiger partial charge on any atom is 0.407 e. The second-order valence-corrected chi connectivity index (χ2v) is 8.26. The van der Waals surface area contributed by atoms with Crippen LogP contribution in [0.2, 0.25) is 5.02 Å². The maximum atomic E-state index is 11.6. The Hall–Kier alpha value is -2.08. The first-order chi connectivity index (χ1) is 12.8. The van der Waals surface area contributed by atoms with Crippen LogP contribution in [0.25, 0.3) is 5.57 Å². The molecule has 1 heterocycles. The average molecular weight is 393 g/mol. The first-order valence-electron chi connectivity index (χ1n) is 9.33. The molecule has 0 spiro atoms. The third-order valence-electron chi connectivity index (χ3n) is 4.36. The monoisotopic (exact) mass is 392 g/mol. The molecule has 1 aliphatic carbocycles. The summed E-state index contributed by atoms with van der Waals surface area (Å²) in [5.41, 5.74) is 0.829. The predicted molar refractivity (Wildman–Crippen MR) is 109 cm³/mol. The third kappa shape index (κ3) is 7.21. The molecule has 0 radical (unpaired) electrons. The molecule has 1 fully saturated rings. The molecule has 148 valence electrons. The highest BCUT2D eigenvalue weighted by Gasteiger charge is 2.27. The molecule has 1 aromatic heterocycles. The lowest BCUT2D eigenvalue weighted by Crippen LogP contribution is -2.39. The van der Waals surface area contributed by atoms with E-state index in [-0.39, 0.29) is 6.09 Å². The van der Waals surface area contributed by atoms with Crippen LogP contribution >= 0.6 is 11.6 Å². The number of aromatic nitrogens is 1. The standard InChI is InChI=1S/C20H29ClN4O2/c1-20(2,3)27-19(26)24-9-4-6-14-10-16(11-14)25-13-15(12-22)18-17(21)7-5-8-23-18/h5,7-8,12-14,16,22,25H,4,6,9-11H2,1-3H3,(H,24,26)/b15-13+,22-12?/t14-,16-. The molecule has 0 unspecified atom stereocenters. The first-order valence-corrected chi connectivity index (χ1v) is 9.70. The maximum absolute atomic E-state index is 11.6. The zero-order valence-electron chi connectivity index (χ0n) is 16.2. The number of hydrogen-bond donors (Lipinski definition) is 3. The number of ether oxygens (including phenoxy) is 1. The number of nitrogens with zero attached hydrogens (tertiary/aromatic N) is 1. The molecule has 0 saturated heterocycles. The van der Waals surface area contributed by atoms with Gasteiger partial charge in [0.2, 0.25) is 0 Å². The van der Waals surface area contributed by atoms with Crippen LogP contribution in [0.5, 0.6) is 0 Å². The fraction of sp³-hybridized carbons (Fsp3) is 0.550. The van der Waals surface area contributed by atoms with Gasteiger partial charge in [-0.2, -0.15) is 0 Å². The average Bonchev–Trinajstić information content (AvgIpc) is 2.55. The summed E-state index contributed by atoms with van der Waals surface area (Å²) < 4.78 is 5.21. The van der Waals surface area contributed by atoms with Crippen molar-refractivity contribution in [2.75, 3.05) is 6.54 Å². The van der Waals surface area contributed by atoms with Crippen LogP contribution in [0.15, 0.2) is 24.5 Å². The molecule has 1 aliphatic rings. The number of halogens is 1. The second kappa shape index (κ2) is 9.74. The van der Waals surface area contributed by atoms with Crippen molar-refractivity contribution in [3.05, 3.63) is 35.2 Å². The van der Waals surface area contributed by atoms with Crippen molar-refractivity contribution in [2.24, 2.45) is 5.92 Å². The van der Waals surface area contributed by atoms with Crippen molar-refractivity contribution in [1.82, 2.24) is 15.6 Å². The van der Waals surface area contributed by atoms with Crippen LogP contribution in [-0.2, 0) is 4.74 Å². The summed E-state index contributed by atoms with van der Waals surface area (Å²) in [6.07, 6.45) is 8.61. The van der Waals surface area contributed by atoms with Gasteiger partial charge in [-0.25, -0.2) is 4.79 Å². The number of rotatable bonds is 8. The highest BCUT2D eigenvalue weighted by molar-refractivity contribution is 6.33. The van der Waals surface area contributed by atoms with Crippen molar-refractivity contribution < 1.29 is 9.53 Å². The molecule has 7 heteroatoms. The van der Waals surface area contributed by atoms with Gasteiger partial charge in [-0.1, -0.05) is 11.6 Å². The fourth-order valence-electron chi connectivity index (χ4n) is 2.99. The SMILES string of the molecule is CC(C)(C)OC(=O)NCCC[C@H]1C[C@H](N/C=C(\C=N)c2ncccc2Cl)C1. The number of hydrogen-bond acceptors (Lipinski definition) is 5. The lowest BCUT2D eigenvalue weighted by molar-refractivity contribution is 0.0525. The summed E-state index contributed by atoms with van der Waals surface area (Å²) in [6, 6.07) is 3.95. The Morgan fingerprint density at radius 2 is 2.19 bits per heavy atom. The lowest BCUT2D eigenvalue weighted by atomic mass is 9.77. The molecular weight excluding hydrogens is 364 g/mol. The number of carbonyl (C=O) groups excluding carboxylic acids is 1. The molecule has 3 N–H and O–H groups in total. The fourth-order valence-corrected chi connectivity index (χ4v) is 3.22. The highest BCUT2D eigenvalue weighted by Crippen LogP contribution is 2.31. The summed E-state index contributed by atoms with van der Waals surface area (Å²) in [7, 11) is 0. The molecule has 1 saturated carbocycles. The number of alkyl carbamates (subject to hydrolysis) is 1. The minimum absolute atomic E-state index is 0.354. The van der Waals surface area contributed by atoms with Crippen LogP contribution < -0.4 is 10.6 Å². The van der Waals surface area contributed by atoms with Crippen molar-refractivity contribution in [2.45, 2.75) is 58.1 Å². The zero-order chi connectivity index (χ0) is 19.9. The Morgan fingerprint density at radius 3 is 2.81 bits per heavy atom. The summed E-state index contributed by atoms with van der Waals surface area (Å²) in [4.78, 5) is 15.8. The van der Waals surface area contributed by atoms with Gasteiger partial charge >= 0.3 is 6.09 Å². The minimum Gasteiger partial charge on any atom is -0.444 e. The van der Waals surface area contributed by atoms with E-state index >= 15 is 0 Å². The topological polar surface area (TPSA) is 87.1 Å². The third-order valence-corrected chi connectivity index (χ3v) is 4.66. The van der Waals surface area contributed by atoms with E-state index in [2.05, 4.69) is 15.6 Å². The molecule has 1 aromatic rings. The number of pyridine rings is 1. The normalized spacial score (nSPS) is 19.8. The Balaban J connectivity index is 1.64. The van der Waals surface area contributed by atoms with E-state index in [4.69, 9.17) is 21.7 Å². The van der Waals surface area contributed by atoms with Gasteiger partial charge in [0, 0.05) is 36.8 Å². The molecule has 6 nitrogen and oxygen atoms in total. The summed E-state index contributed by atoms with van der Waals surface area (Å²) >= 11 is 6.14. The largest absolute Gasteiger partial charge is 0.444 e. The Kier molecular flexibility index (Phi) is 7.66. The van der Waals surface area contributed by atoms with Gasteiger partial charge in [0.05, 0.1) is 10.7 Å². The number of amides is 1. The van der Waals surface area contributed by atoms with Gasteiger partial charge in [-0.3, -0.25) is 4.98 Å². The molecule has 0 aliphatic heterocycles. The van der Waals surface area contributed by atoms with E-state index in [1.807, 2.05) is 27.0 Å². The van der Waals surface area contributed by atoms with Crippen LogP contribution in [0, 0.1) is 11.3 Å². The Morgan fingerprint density at radius 1 is 1.44 bits per heavy atom. The summed E-state index contributed by atoms with van der Waals surface area (Å²) in [5, 5.41) is 14.3. The summed E-state index contributed by atoms with van der Waals surface area (Å²) in [5.74, 6) is 0.665. The van der Waals surface area contributed by atoms with E-state index in [1.54, 1.807) is 18.3 Å². The van der Waals surface area contributed by atoms with Gasteiger partial charge in [-0.05, 0) is 64.5 Å². The first kappa shape index (κ1) is 21.2. The Bertz CT molecular complexity index is 679. The van der Waals surface area contributed by atoms with E-state index in [9.17, 15) is 4.79 Å². The van der Waals surface area contributed by atoms with Gasteiger partial charge in [0.1, 0.15) is 5.60 Å². The van der Waals surface area contributed by atoms with Gasteiger partial charge in [-0.15, -0.1) is 0 Å². The smallest absolute Gasteiger partial charge is 0.407 e. The van der Waals surface area contributed by atoms with Crippen LogP contribution in [-0.4, -0.2) is 35.5 Å². The molecule has 0 bridgehead atoms. The van der Waals surface area contributed by atoms with Gasteiger partial charge < -0.3 is 20.8 Å². The zero-order valence-corrected chi connectivity index (χ0v) is 17.0. The Labute approximate surface area is 166 Å². The summed E-state index contributed by atoms with van der Waals surface area (Å²) in [6.45, 7) is 6.20. The molecular formula is C20H29ClN4O2. The molecule has 2 rings (SSSR count). The molecule has 0 atom stereocenters.